The summed E-state index contributed by atoms with van der Waals surface area (Å²) in [5.41, 5.74) is 3.96. The van der Waals surface area contributed by atoms with Gasteiger partial charge in [-0.05, 0) is 24.5 Å². The van der Waals surface area contributed by atoms with Gasteiger partial charge in [0, 0.05) is 24.2 Å². The lowest BCUT2D eigenvalue weighted by Crippen LogP contribution is -2.41. The summed E-state index contributed by atoms with van der Waals surface area (Å²) >= 11 is 0. The minimum absolute atomic E-state index is 0.126. The van der Waals surface area contributed by atoms with Crippen molar-refractivity contribution in [3.8, 4) is 0 Å². The van der Waals surface area contributed by atoms with E-state index in [0.29, 0.717) is 26.3 Å². The van der Waals surface area contributed by atoms with Crippen LogP contribution in [-0.2, 0) is 17.6 Å². The molecule has 2 heterocycles. The maximum atomic E-state index is 13.2. The van der Waals surface area contributed by atoms with Crippen LogP contribution in [0.5, 0.6) is 0 Å². The molecule has 1 aliphatic rings. The molecule has 0 N–H and O–H groups in total. The van der Waals surface area contributed by atoms with Gasteiger partial charge in [0.1, 0.15) is 0 Å². The van der Waals surface area contributed by atoms with E-state index in [-0.39, 0.29) is 5.91 Å². The zero-order valence-electron chi connectivity index (χ0n) is 14.0. The minimum Gasteiger partial charge on any atom is -0.378 e. The molecule has 0 aliphatic carbocycles. The predicted octanol–water partition coefficient (Wildman–Crippen LogP) is 3.22. The van der Waals surface area contributed by atoms with E-state index in [1.807, 2.05) is 29.2 Å². The summed E-state index contributed by atoms with van der Waals surface area (Å²) in [6.45, 7) is 6.85. The Balaban J connectivity index is 2.16. The molecule has 122 valence electrons. The molecule has 0 radical (unpaired) electrons. The maximum absolute atomic E-state index is 13.2. The molecule has 1 fully saturated rings. The number of hydrogen-bond acceptors (Lipinski definition) is 3. The van der Waals surface area contributed by atoms with Crippen LogP contribution in [-0.4, -0.2) is 42.1 Å². The summed E-state index contributed by atoms with van der Waals surface area (Å²) in [6, 6.07) is 7.99. The van der Waals surface area contributed by atoms with Crippen molar-refractivity contribution < 1.29 is 9.53 Å². The van der Waals surface area contributed by atoms with Gasteiger partial charge in [-0.2, -0.15) is 0 Å². The average molecular weight is 312 g/mol. The fourth-order valence-corrected chi connectivity index (χ4v) is 3.30. The number of rotatable bonds is 4. The minimum atomic E-state index is 0.126. The SMILES string of the molecule is CCCc1nc2ccccc2c(C(=O)N2CCOCC2)c1CC. The Morgan fingerprint density at radius 1 is 1.22 bits per heavy atom. The van der Waals surface area contributed by atoms with E-state index in [0.717, 1.165) is 47.0 Å². The zero-order valence-corrected chi connectivity index (χ0v) is 14.0. The van der Waals surface area contributed by atoms with Crippen LogP contribution in [0.3, 0.4) is 0 Å². The van der Waals surface area contributed by atoms with Crippen molar-refractivity contribution >= 4 is 16.8 Å². The van der Waals surface area contributed by atoms with Gasteiger partial charge in [-0.1, -0.05) is 38.5 Å². The molecule has 0 saturated carbocycles. The van der Waals surface area contributed by atoms with E-state index in [9.17, 15) is 4.79 Å². The van der Waals surface area contributed by atoms with Crippen molar-refractivity contribution in [2.24, 2.45) is 0 Å². The number of hydrogen-bond donors (Lipinski definition) is 0. The molecule has 1 aliphatic heterocycles. The van der Waals surface area contributed by atoms with E-state index >= 15 is 0 Å². The van der Waals surface area contributed by atoms with Crippen molar-refractivity contribution in [3.63, 3.8) is 0 Å². The summed E-state index contributed by atoms with van der Waals surface area (Å²) in [7, 11) is 0. The summed E-state index contributed by atoms with van der Waals surface area (Å²) in [5.74, 6) is 0.126. The molecule has 23 heavy (non-hydrogen) atoms. The number of aryl methyl sites for hydroxylation is 1. The van der Waals surface area contributed by atoms with Crippen molar-refractivity contribution in [3.05, 3.63) is 41.1 Å². The summed E-state index contributed by atoms with van der Waals surface area (Å²) in [6.07, 6.45) is 2.78. The van der Waals surface area contributed by atoms with Gasteiger partial charge >= 0.3 is 0 Å². The monoisotopic (exact) mass is 312 g/mol. The second kappa shape index (κ2) is 7.09. The largest absolute Gasteiger partial charge is 0.378 e. The van der Waals surface area contributed by atoms with Crippen molar-refractivity contribution in [1.29, 1.82) is 0 Å². The molecular formula is C19H24N2O2. The average Bonchev–Trinajstić information content (AvgIpc) is 2.61. The molecule has 3 rings (SSSR count). The van der Waals surface area contributed by atoms with Gasteiger partial charge in [-0.25, -0.2) is 0 Å². The number of para-hydroxylation sites is 1. The van der Waals surface area contributed by atoms with E-state index in [1.165, 1.54) is 0 Å². The molecule has 0 unspecified atom stereocenters. The molecule has 0 bridgehead atoms. The van der Waals surface area contributed by atoms with Crippen LogP contribution < -0.4 is 0 Å². The number of amides is 1. The Morgan fingerprint density at radius 3 is 2.65 bits per heavy atom. The molecule has 1 aromatic carbocycles. The second-order valence-electron chi connectivity index (χ2n) is 5.94. The second-order valence-corrected chi connectivity index (χ2v) is 5.94. The van der Waals surface area contributed by atoms with Gasteiger partial charge in [0.15, 0.2) is 0 Å². The number of carbonyl (C=O) groups is 1. The third-order valence-corrected chi connectivity index (χ3v) is 4.43. The highest BCUT2D eigenvalue weighted by Gasteiger charge is 2.24. The lowest BCUT2D eigenvalue weighted by atomic mass is 9.95. The number of aromatic nitrogens is 1. The Bertz CT molecular complexity index is 706. The number of nitrogens with zero attached hydrogens (tertiary/aromatic N) is 2. The zero-order chi connectivity index (χ0) is 16.2. The molecule has 4 nitrogen and oxygen atoms in total. The van der Waals surface area contributed by atoms with Crippen molar-refractivity contribution in [1.82, 2.24) is 9.88 Å². The highest BCUT2D eigenvalue weighted by Crippen LogP contribution is 2.26. The standard InChI is InChI=1S/C19H24N2O2/c1-3-7-16-14(4-2)18(15-8-5-6-9-17(15)20-16)19(22)21-10-12-23-13-11-21/h5-6,8-9H,3-4,7,10-13H2,1-2H3. The van der Waals surface area contributed by atoms with Crippen LogP contribution in [0.2, 0.25) is 0 Å². The van der Waals surface area contributed by atoms with E-state index in [2.05, 4.69) is 13.8 Å². The van der Waals surface area contributed by atoms with E-state index in [1.54, 1.807) is 0 Å². The third-order valence-electron chi connectivity index (χ3n) is 4.43. The summed E-state index contributed by atoms with van der Waals surface area (Å²) < 4.78 is 5.39. The lowest BCUT2D eigenvalue weighted by molar-refractivity contribution is 0.0303. The van der Waals surface area contributed by atoms with E-state index < -0.39 is 0 Å². The van der Waals surface area contributed by atoms with Gasteiger partial charge in [-0.15, -0.1) is 0 Å². The summed E-state index contributed by atoms with van der Waals surface area (Å²) in [5, 5.41) is 0.973. The van der Waals surface area contributed by atoms with Gasteiger partial charge in [0.25, 0.3) is 5.91 Å². The van der Waals surface area contributed by atoms with Crippen molar-refractivity contribution in [2.45, 2.75) is 33.1 Å². The number of pyridine rings is 1. The number of benzene rings is 1. The quantitative estimate of drug-likeness (QED) is 0.870. The third kappa shape index (κ3) is 3.08. The van der Waals surface area contributed by atoms with Gasteiger partial charge in [0.05, 0.1) is 24.3 Å². The van der Waals surface area contributed by atoms with Crippen LogP contribution in [0, 0.1) is 0 Å². The van der Waals surface area contributed by atoms with Crippen LogP contribution >= 0.6 is 0 Å². The molecule has 2 aromatic rings. The number of ether oxygens (including phenoxy) is 1. The first kappa shape index (κ1) is 15.9. The first-order valence-corrected chi connectivity index (χ1v) is 8.53. The number of carbonyl (C=O) groups excluding carboxylic acids is 1. The normalized spacial score (nSPS) is 15.1. The summed E-state index contributed by atoms with van der Waals surface area (Å²) in [4.78, 5) is 19.9. The molecular weight excluding hydrogens is 288 g/mol. The van der Waals surface area contributed by atoms with Gasteiger partial charge in [-0.3, -0.25) is 9.78 Å². The van der Waals surface area contributed by atoms with Crippen molar-refractivity contribution in [2.75, 3.05) is 26.3 Å². The fourth-order valence-electron chi connectivity index (χ4n) is 3.30. The van der Waals surface area contributed by atoms with Crippen LogP contribution in [0.4, 0.5) is 0 Å². The number of fused-ring (bicyclic) bond motifs is 1. The smallest absolute Gasteiger partial charge is 0.255 e. The van der Waals surface area contributed by atoms with Crippen LogP contribution in [0.25, 0.3) is 10.9 Å². The fraction of sp³-hybridized carbons (Fsp3) is 0.474. The Hall–Kier alpha value is -1.94. The molecule has 1 saturated heterocycles. The molecule has 4 heteroatoms. The highest BCUT2D eigenvalue weighted by molar-refractivity contribution is 6.07. The Labute approximate surface area is 137 Å². The van der Waals surface area contributed by atoms with Gasteiger partial charge < -0.3 is 9.64 Å². The predicted molar refractivity (Wildman–Crippen MR) is 91.8 cm³/mol. The Morgan fingerprint density at radius 2 is 1.96 bits per heavy atom. The molecule has 0 atom stereocenters. The topological polar surface area (TPSA) is 42.4 Å². The molecule has 1 aromatic heterocycles. The first-order valence-electron chi connectivity index (χ1n) is 8.53. The van der Waals surface area contributed by atoms with Crippen LogP contribution in [0.1, 0.15) is 41.9 Å². The lowest BCUT2D eigenvalue weighted by Gasteiger charge is -2.28. The van der Waals surface area contributed by atoms with Crippen LogP contribution in [0.15, 0.2) is 24.3 Å². The maximum Gasteiger partial charge on any atom is 0.255 e. The number of morpholine rings is 1. The highest BCUT2D eigenvalue weighted by atomic mass is 16.5. The van der Waals surface area contributed by atoms with Gasteiger partial charge in [0.2, 0.25) is 0 Å². The molecule has 1 amide bonds. The Kier molecular flexibility index (Phi) is 4.91. The first-order chi connectivity index (χ1) is 11.3. The van der Waals surface area contributed by atoms with E-state index in [4.69, 9.17) is 9.72 Å². The molecule has 0 spiro atoms.